The number of aromatic nitrogens is 3. The van der Waals surface area contributed by atoms with Crippen molar-refractivity contribution in [3.63, 3.8) is 0 Å². The maximum atomic E-state index is 10.3. The number of rotatable bonds is 4. The van der Waals surface area contributed by atoms with E-state index in [0.29, 0.717) is 12.3 Å². The second-order valence-corrected chi connectivity index (χ2v) is 4.29. The summed E-state index contributed by atoms with van der Waals surface area (Å²) in [7, 11) is 1.85. The normalized spacial score (nSPS) is 20.8. The van der Waals surface area contributed by atoms with E-state index in [1.807, 2.05) is 20.2 Å². The lowest BCUT2D eigenvalue weighted by Gasteiger charge is -2.25. The smallest absolute Gasteiger partial charge is 0.0855 e. The number of aliphatic hydroxyl groups is 1. The molecule has 1 aliphatic carbocycles. The Morgan fingerprint density at radius 3 is 2.79 bits per heavy atom. The van der Waals surface area contributed by atoms with Crippen LogP contribution in [-0.4, -0.2) is 25.7 Å². The summed E-state index contributed by atoms with van der Waals surface area (Å²) in [6.45, 7) is 2.04. The molecule has 0 radical (unpaired) electrons. The fourth-order valence-electron chi connectivity index (χ4n) is 1.97. The van der Waals surface area contributed by atoms with Crippen LogP contribution in [0.25, 0.3) is 0 Å². The first kappa shape index (κ1) is 9.65. The van der Waals surface area contributed by atoms with Gasteiger partial charge in [-0.15, -0.1) is 5.10 Å². The Hall–Kier alpha value is -0.900. The van der Waals surface area contributed by atoms with Gasteiger partial charge in [0.1, 0.15) is 0 Å². The van der Waals surface area contributed by atoms with E-state index in [2.05, 4.69) is 10.3 Å². The van der Waals surface area contributed by atoms with Gasteiger partial charge in [-0.3, -0.25) is 4.68 Å². The quantitative estimate of drug-likeness (QED) is 0.777. The van der Waals surface area contributed by atoms with E-state index in [1.165, 1.54) is 0 Å². The maximum Gasteiger partial charge on any atom is 0.0855 e. The molecule has 4 nitrogen and oxygen atoms in total. The molecule has 1 aliphatic rings. The van der Waals surface area contributed by atoms with Crippen molar-refractivity contribution in [2.24, 2.45) is 13.0 Å². The monoisotopic (exact) mass is 195 g/mol. The predicted octanol–water partition coefficient (Wildman–Crippen LogP) is 0.909. The van der Waals surface area contributed by atoms with Crippen LogP contribution in [-0.2, 0) is 13.5 Å². The van der Waals surface area contributed by atoms with Gasteiger partial charge in [-0.05, 0) is 25.2 Å². The highest BCUT2D eigenvalue weighted by Gasteiger charge is 2.42. The van der Waals surface area contributed by atoms with Gasteiger partial charge < -0.3 is 5.11 Å². The van der Waals surface area contributed by atoms with Crippen molar-refractivity contribution in [1.82, 2.24) is 15.0 Å². The van der Waals surface area contributed by atoms with Gasteiger partial charge in [0.15, 0.2) is 0 Å². The van der Waals surface area contributed by atoms with Gasteiger partial charge in [0.2, 0.25) is 0 Å². The van der Waals surface area contributed by atoms with Gasteiger partial charge in [0.25, 0.3) is 0 Å². The van der Waals surface area contributed by atoms with Crippen molar-refractivity contribution in [2.45, 2.75) is 38.2 Å². The first-order valence-electron chi connectivity index (χ1n) is 5.21. The minimum atomic E-state index is -0.546. The third kappa shape index (κ3) is 1.80. The molecule has 1 saturated carbocycles. The van der Waals surface area contributed by atoms with Gasteiger partial charge in [0, 0.05) is 19.7 Å². The molecule has 1 heterocycles. The van der Waals surface area contributed by atoms with Crippen LogP contribution in [0.2, 0.25) is 0 Å². The standard InChI is InChI=1S/C10H17N3O/c1-3-10(14,8-4-5-8)6-9-7-13(2)12-11-9/h7-8,14H,3-6H2,1-2H3. The minimum Gasteiger partial charge on any atom is -0.389 e. The van der Waals surface area contributed by atoms with E-state index in [-0.39, 0.29) is 0 Å². The second-order valence-electron chi connectivity index (χ2n) is 4.29. The van der Waals surface area contributed by atoms with Gasteiger partial charge in [0.05, 0.1) is 11.3 Å². The molecular formula is C10H17N3O. The van der Waals surface area contributed by atoms with Gasteiger partial charge >= 0.3 is 0 Å². The highest BCUT2D eigenvalue weighted by atomic mass is 16.3. The molecule has 0 aromatic carbocycles. The van der Waals surface area contributed by atoms with Crippen LogP contribution in [0, 0.1) is 5.92 Å². The summed E-state index contributed by atoms with van der Waals surface area (Å²) in [5.41, 5.74) is 0.347. The SMILES string of the molecule is CCC(O)(Cc1cn(C)nn1)C1CC1. The highest BCUT2D eigenvalue weighted by molar-refractivity contribution is 5.04. The number of hydrogen-bond acceptors (Lipinski definition) is 3. The molecule has 2 rings (SSSR count). The van der Waals surface area contributed by atoms with Crippen LogP contribution in [0.4, 0.5) is 0 Å². The molecular weight excluding hydrogens is 178 g/mol. The van der Waals surface area contributed by atoms with E-state index < -0.39 is 5.60 Å². The molecule has 0 aliphatic heterocycles. The van der Waals surface area contributed by atoms with Crippen LogP contribution < -0.4 is 0 Å². The van der Waals surface area contributed by atoms with E-state index >= 15 is 0 Å². The average molecular weight is 195 g/mol. The number of hydrogen-bond donors (Lipinski definition) is 1. The zero-order valence-corrected chi connectivity index (χ0v) is 8.77. The molecule has 78 valence electrons. The van der Waals surface area contributed by atoms with Crippen molar-refractivity contribution in [1.29, 1.82) is 0 Å². The van der Waals surface area contributed by atoms with E-state index in [9.17, 15) is 5.11 Å². The van der Waals surface area contributed by atoms with Crippen LogP contribution in [0.1, 0.15) is 31.9 Å². The van der Waals surface area contributed by atoms with Gasteiger partial charge in [-0.25, -0.2) is 0 Å². The summed E-state index contributed by atoms with van der Waals surface area (Å²) < 4.78 is 1.68. The highest BCUT2D eigenvalue weighted by Crippen LogP contribution is 2.42. The van der Waals surface area contributed by atoms with Gasteiger partial charge in [-0.1, -0.05) is 12.1 Å². The van der Waals surface area contributed by atoms with Crippen LogP contribution in [0.15, 0.2) is 6.20 Å². The fraction of sp³-hybridized carbons (Fsp3) is 0.800. The Morgan fingerprint density at radius 1 is 1.64 bits per heavy atom. The summed E-state index contributed by atoms with van der Waals surface area (Å²) in [4.78, 5) is 0. The second kappa shape index (κ2) is 3.35. The van der Waals surface area contributed by atoms with E-state index in [4.69, 9.17) is 0 Å². The lowest BCUT2D eigenvalue weighted by molar-refractivity contribution is 0.0130. The molecule has 4 heteroatoms. The van der Waals surface area contributed by atoms with E-state index in [0.717, 1.165) is 25.0 Å². The molecule has 0 spiro atoms. The van der Waals surface area contributed by atoms with Gasteiger partial charge in [-0.2, -0.15) is 0 Å². The minimum absolute atomic E-state index is 0.481. The zero-order chi connectivity index (χ0) is 10.2. The third-order valence-corrected chi connectivity index (χ3v) is 3.09. The summed E-state index contributed by atoms with van der Waals surface area (Å²) in [6, 6.07) is 0. The Bertz CT molecular complexity index is 319. The van der Waals surface area contributed by atoms with Crippen LogP contribution in [0.3, 0.4) is 0 Å². The van der Waals surface area contributed by atoms with Crippen LogP contribution in [0.5, 0.6) is 0 Å². The summed E-state index contributed by atoms with van der Waals surface area (Å²) >= 11 is 0. The molecule has 1 atom stereocenters. The molecule has 1 aromatic rings. The van der Waals surface area contributed by atoms with Crippen molar-refractivity contribution in [3.05, 3.63) is 11.9 Å². The lowest BCUT2D eigenvalue weighted by atomic mass is 9.89. The Kier molecular flexibility index (Phi) is 2.31. The molecule has 1 unspecified atom stereocenters. The van der Waals surface area contributed by atoms with Crippen LogP contribution >= 0.6 is 0 Å². The van der Waals surface area contributed by atoms with E-state index in [1.54, 1.807) is 4.68 Å². The Labute approximate surface area is 83.9 Å². The number of aryl methyl sites for hydroxylation is 1. The summed E-state index contributed by atoms with van der Waals surface area (Å²) in [5, 5.41) is 18.2. The lowest BCUT2D eigenvalue weighted by Crippen LogP contribution is -2.33. The molecule has 1 fully saturated rings. The molecule has 1 aromatic heterocycles. The zero-order valence-electron chi connectivity index (χ0n) is 8.77. The molecule has 0 bridgehead atoms. The largest absolute Gasteiger partial charge is 0.389 e. The molecule has 14 heavy (non-hydrogen) atoms. The van der Waals surface area contributed by atoms with Crippen molar-refractivity contribution >= 4 is 0 Å². The Morgan fingerprint density at radius 2 is 2.36 bits per heavy atom. The first-order chi connectivity index (χ1) is 6.64. The predicted molar refractivity (Wildman–Crippen MR) is 52.7 cm³/mol. The molecule has 0 saturated heterocycles. The maximum absolute atomic E-state index is 10.3. The fourth-order valence-corrected chi connectivity index (χ4v) is 1.97. The Balaban J connectivity index is 2.07. The molecule has 1 N–H and O–H groups in total. The topological polar surface area (TPSA) is 50.9 Å². The molecule has 0 amide bonds. The average Bonchev–Trinajstić information content (AvgIpc) is 2.93. The third-order valence-electron chi connectivity index (χ3n) is 3.09. The number of nitrogens with zero attached hydrogens (tertiary/aromatic N) is 3. The summed E-state index contributed by atoms with van der Waals surface area (Å²) in [5.74, 6) is 0.481. The van der Waals surface area contributed by atoms with Crippen molar-refractivity contribution in [3.8, 4) is 0 Å². The van der Waals surface area contributed by atoms with Crippen molar-refractivity contribution < 1.29 is 5.11 Å². The first-order valence-corrected chi connectivity index (χ1v) is 5.21. The summed E-state index contributed by atoms with van der Waals surface area (Å²) in [6.07, 6.45) is 5.63. The van der Waals surface area contributed by atoms with Crippen molar-refractivity contribution in [2.75, 3.05) is 0 Å².